The van der Waals surface area contributed by atoms with Crippen molar-refractivity contribution in [2.24, 2.45) is 7.05 Å². The summed E-state index contributed by atoms with van der Waals surface area (Å²) in [6.07, 6.45) is 3.63. The van der Waals surface area contributed by atoms with Crippen molar-refractivity contribution < 1.29 is 9.53 Å². The van der Waals surface area contributed by atoms with Gasteiger partial charge in [0, 0.05) is 31.2 Å². The van der Waals surface area contributed by atoms with Crippen LogP contribution < -0.4 is 5.32 Å². The Bertz CT molecular complexity index is 379. The Hall–Kier alpha value is -1.01. The summed E-state index contributed by atoms with van der Waals surface area (Å²) in [5.74, 6) is 0.412. The van der Waals surface area contributed by atoms with E-state index in [1.807, 2.05) is 38.6 Å². The zero-order valence-corrected chi connectivity index (χ0v) is 12.2. The maximum atomic E-state index is 11.8. The monoisotopic (exact) mass is 271 g/mol. The van der Waals surface area contributed by atoms with Crippen LogP contribution in [0.1, 0.15) is 20.8 Å². The fourth-order valence-electron chi connectivity index (χ4n) is 1.48. The molecule has 0 spiro atoms. The number of carbonyl (C=O) groups is 1. The van der Waals surface area contributed by atoms with Gasteiger partial charge in [-0.25, -0.2) is 4.98 Å². The average molecular weight is 271 g/mol. The quantitative estimate of drug-likeness (QED) is 0.601. The topological polar surface area (TPSA) is 56.1 Å². The molecule has 0 amide bonds. The van der Waals surface area contributed by atoms with Crippen molar-refractivity contribution in [1.29, 1.82) is 0 Å². The van der Waals surface area contributed by atoms with Gasteiger partial charge in [0.05, 0.1) is 6.61 Å². The largest absolute Gasteiger partial charge is 0.465 e. The summed E-state index contributed by atoms with van der Waals surface area (Å²) in [6, 6.07) is -0.0620. The molecule has 6 heteroatoms. The smallest absolute Gasteiger partial charge is 0.324 e. The number of esters is 1. The number of nitrogens with one attached hydrogen (secondary N) is 1. The summed E-state index contributed by atoms with van der Waals surface area (Å²) < 4.78 is 7.00. The van der Waals surface area contributed by atoms with Gasteiger partial charge in [-0.2, -0.15) is 0 Å². The van der Waals surface area contributed by atoms with Gasteiger partial charge in [-0.1, -0.05) is 25.6 Å². The third-order valence-corrected chi connectivity index (χ3v) is 3.41. The number of carbonyl (C=O) groups excluding carboxylic acids is 1. The molecule has 1 aromatic heterocycles. The molecule has 0 bridgehead atoms. The lowest BCUT2D eigenvalue weighted by Crippen LogP contribution is -2.43. The highest BCUT2D eigenvalue weighted by molar-refractivity contribution is 7.99. The number of thioether (sulfide) groups is 1. The fourth-order valence-corrected chi connectivity index (χ4v) is 2.43. The molecule has 18 heavy (non-hydrogen) atoms. The molecule has 1 rings (SSSR count). The van der Waals surface area contributed by atoms with Gasteiger partial charge >= 0.3 is 5.97 Å². The molecule has 0 aliphatic carbocycles. The zero-order valence-electron chi connectivity index (χ0n) is 11.3. The molecule has 102 valence electrons. The number of aromatic nitrogens is 2. The summed E-state index contributed by atoms with van der Waals surface area (Å²) in [6.45, 7) is 6.24. The van der Waals surface area contributed by atoms with Gasteiger partial charge in [-0.05, 0) is 6.92 Å². The number of nitrogens with zero attached hydrogens (tertiary/aromatic N) is 2. The van der Waals surface area contributed by atoms with Gasteiger partial charge in [0.1, 0.15) is 6.04 Å². The van der Waals surface area contributed by atoms with Crippen LogP contribution >= 0.6 is 11.8 Å². The molecule has 1 unspecified atom stereocenters. The van der Waals surface area contributed by atoms with E-state index in [9.17, 15) is 4.79 Å². The van der Waals surface area contributed by atoms with E-state index in [-0.39, 0.29) is 18.1 Å². The molecule has 0 radical (unpaired) electrons. The predicted molar refractivity (Wildman–Crippen MR) is 72.6 cm³/mol. The van der Waals surface area contributed by atoms with E-state index in [0.29, 0.717) is 12.4 Å². The van der Waals surface area contributed by atoms with Crippen LogP contribution in [-0.4, -0.2) is 40.0 Å². The molecule has 5 nitrogen and oxygen atoms in total. The lowest BCUT2D eigenvalue weighted by Gasteiger charge is -2.19. The van der Waals surface area contributed by atoms with Crippen molar-refractivity contribution in [3.63, 3.8) is 0 Å². The van der Waals surface area contributed by atoms with Crippen molar-refractivity contribution in [3.8, 4) is 0 Å². The van der Waals surface area contributed by atoms with Crippen LogP contribution in [0.25, 0.3) is 0 Å². The van der Waals surface area contributed by atoms with Crippen molar-refractivity contribution in [2.45, 2.75) is 38.0 Å². The summed E-state index contributed by atoms with van der Waals surface area (Å²) in [4.78, 5) is 16.0. The molecular formula is C12H21N3O2S. The van der Waals surface area contributed by atoms with Crippen LogP contribution in [0.3, 0.4) is 0 Å². The Morgan fingerprint density at radius 1 is 1.61 bits per heavy atom. The molecule has 0 aliphatic rings. The van der Waals surface area contributed by atoms with Gasteiger partial charge in [0.2, 0.25) is 0 Å². The van der Waals surface area contributed by atoms with E-state index in [2.05, 4.69) is 10.3 Å². The van der Waals surface area contributed by atoms with Crippen LogP contribution in [0.4, 0.5) is 0 Å². The molecule has 0 aliphatic heterocycles. The standard InChI is InChI=1S/C12H21N3O2S/c1-5-17-11(16)10(14-9(2)3)8-18-12-13-6-7-15(12)4/h6-7,9-10,14H,5,8H2,1-4H3. The Morgan fingerprint density at radius 3 is 2.83 bits per heavy atom. The number of aryl methyl sites for hydroxylation is 1. The first-order valence-corrected chi connectivity index (χ1v) is 7.06. The minimum Gasteiger partial charge on any atom is -0.465 e. The van der Waals surface area contributed by atoms with Gasteiger partial charge in [-0.15, -0.1) is 0 Å². The number of ether oxygens (including phenoxy) is 1. The van der Waals surface area contributed by atoms with Gasteiger partial charge in [-0.3, -0.25) is 4.79 Å². The first kappa shape index (κ1) is 15.0. The number of hydrogen-bond acceptors (Lipinski definition) is 5. The number of hydrogen-bond donors (Lipinski definition) is 1. The van der Waals surface area contributed by atoms with Crippen molar-refractivity contribution in [1.82, 2.24) is 14.9 Å². The van der Waals surface area contributed by atoms with Crippen molar-refractivity contribution >= 4 is 17.7 Å². The zero-order chi connectivity index (χ0) is 13.5. The van der Waals surface area contributed by atoms with E-state index in [0.717, 1.165) is 5.16 Å². The first-order valence-electron chi connectivity index (χ1n) is 6.07. The molecule has 1 heterocycles. The van der Waals surface area contributed by atoms with E-state index < -0.39 is 0 Å². The third kappa shape index (κ3) is 4.70. The Kier molecular flexibility index (Phi) is 6.21. The van der Waals surface area contributed by atoms with Crippen LogP contribution in [-0.2, 0) is 16.6 Å². The predicted octanol–water partition coefficient (Wildman–Crippen LogP) is 1.44. The minimum atomic E-state index is -0.299. The summed E-state index contributed by atoms with van der Waals surface area (Å²) >= 11 is 1.55. The normalized spacial score (nSPS) is 12.7. The average Bonchev–Trinajstić information content (AvgIpc) is 2.70. The molecule has 1 aromatic rings. The molecule has 0 saturated carbocycles. The van der Waals surface area contributed by atoms with E-state index >= 15 is 0 Å². The molecular weight excluding hydrogens is 250 g/mol. The van der Waals surface area contributed by atoms with Crippen LogP contribution in [0.5, 0.6) is 0 Å². The Balaban J connectivity index is 2.55. The highest BCUT2D eigenvalue weighted by Gasteiger charge is 2.21. The number of rotatable bonds is 7. The van der Waals surface area contributed by atoms with Crippen LogP contribution in [0, 0.1) is 0 Å². The lowest BCUT2D eigenvalue weighted by atomic mass is 10.3. The van der Waals surface area contributed by atoms with Crippen molar-refractivity contribution in [2.75, 3.05) is 12.4 Å². The second-order valence-corrected chi connectivity index (χ2v) is 5.24. The highest BCUT2D eigenvalue weighted by atomic mass is 32.2. The minimum absolute atomic E-state index is 0.201. The number of imidazole rings is 1. The van der Waals surface area contributed by atoms with Gasteiger partial charge in [0.15, 0.2) is 5.16 Å². The van der Waals surface area contributed by atoms with Crippen LogP contribution in [0.15, 0.2) is 17.6 Å². The molecule has 1 N–H and O–H groups in total. The van der Waals surface area contributed by atoms with Gasteiger partial charge in [0.25, 0.3) is 0 Å². The summed E-state index contributed by atoms with van der Waals surface area (Å²) in [5.41, 5.74) is 0. The first-order chi connectivity index (χ1) is 8.54. The summed E-state index contributed by atoms with van der Waals surface area (Å²) in [5, 5.41) is 4.11. The second-order valence-electron chi connectivity index (χ2n) is 4.26. The Morgan fingerprint density at radius 2 is 2.33 bits per heavy atom. The van der Waals surface area contributed by atoms with E-state index in [1.54, 1.807) is 18.0 Å². The van der Waals surface area contributed by atoms with E-state index in [4.69, 9.17) is 4.74 Å². The lowest BCUT2D eigenvalue weighted by molar-refractivity contribution is -0.145. The van der Waals surface area contributed by atoms with Gasteiger partial charge < -0.3 is 14.6 Å². The maximum absolute atomic E-state index is 11.8. The van der Waals surface area contributed by atoms with Crippen molar-refractivity contribution in [3.05, 3.63) is 12.4 Å². The maximum Gasteiger partial charge on any atom is 0.324 e. The molecule has 0 saturated heterocycles. The molecule has 0 aromatic carbocycles. The molecule has 0 fully saturated rings. The highest BCUT2D eigenvalue weighted by Crippen LogP contribution is 2.16. The second kappa shape index (κ2) is 7.43. The summed E-state index contributed by atoms with van der Waals surface area (Å²) in [7, 11) is 1.94. The van der Waals surface area contributed by atoms with Crippen LogP contribution in [0.2, 0.25) is 0 Å². The fraction of sp³-hybridized carbons (Fsp3) is 0.667. The van der Waals surface area contributed by atoms with E-state index in [1.165, 1.54) is 0 Å². The third-order valence-electron chi connectivity index (χ3n) is 2.26. The molecule has 1 atom stereocenters. The SMILES string of the molecule is CCOC(=O)C(CSc1nccn1C)NC(C)C. The Labute approximate surface area is 112 Å².